The Kier molecular flexibility index (Phi) is 4.67. The molecule has 1 aliphatic rings. The molecule has 1 aliphatic heterocycles. The van der Waals surface area contributed by atoms with Crippen molar-refractivity contribution >= 4 is 22.6 Å². The Morgan fingerprint density at radius 2 is 2.20 bits per heavy atom. The summed E-state index contributed by atoms with van der Waals surface area (Å²) in [5.74, 6) is -0.889. The lowest BCUT2D eigenvalue weighted by Crippen LogP contribution is -2.40. The average Bonchev–Trinajstić information content (AvgIpc) is 2.71. The van der Waals surface area contributed by atoms with Gasteiger partial charge in [-0.15, -0.1) is 0 Å². The van der Waals surface area contributed by atoms with Crippen LogP contribution in [0.3, 0.4) is 0 Å². The number of rotatable bonds is 4. The molecule has 112 valence electrons. The summed E-state index contributed by atoms with van der Waals surface area (Å²) in [6.45, 7) is 1.95. The van der Waals surface area contributed by atoms with E-state index in [1.165, 1.54) is 16.8 Å². The van der Waals surface area contributed by atoms with Crippen LogP contribution in [0, 0.1) is 5.92 Å². The molecule has 1 aromatic rings. The third-order valence-electron chi connectivity index (χ3n) is 3.72. The molecule has 1 saturated heterocycles. The number of nitrogens with one attached hydrogen (secondary N) is 1. The van der Waals surface area contributed by atoms with Crippen molar-refractivity contribution in [2.45, 2.75) is 25.0 Å². The molecule has 7 nitrogen and oxygen atoms in total. The van der Waals surface area contributed by atoms with E-state index in [0.717, 1.165) is 0 Å². The van der Waals surface area contributed by atoms with Crippen LogP contribution in [0.1, 0.15) is 13.2 Å². The lowest BCUT2D eigenvalue weighted by atomic mass is 9.98. The van der Waals surface area contributed by atoms with Crippen LogP contribution in [0.15, 0.2) is 21.9 Å². The monoisotopic (exact) mass is 396 g/mol. The van der Waals surface area contributed by atoms with Crippen LogP contribution in [-0.4, -0.2) is 40.1 Å². The minimum Gasteiger partial charge on any atom is -0.376 e. The van der Waals surface area contributed by atoms with E-state index >= 15 is 0 Å². The summed E-state index contributed by atoms with van der Waals surface area (Å²) >= 11 is 2.18. The Balaban J connectivity index is 2.46. The Morgan fingerprint density at radius 1 is 1.50 bits per heavy atom. The summed E-state index contributed by atoms with van der Waals surface area (Å²) in [5.41, 5.74) is -0.977. The number of alkyl halides is 1. The summed E-state index contributed by atoms with van der Waals surface area (Å²) in [7, 11) is 3.13. The normalized spacial score (nSPS) is 33.5. The Morgan fingerprint density at radius 3 is 2.70 bits per heavy atom. The highest BCUT2D eigenvalue weighted by atomic mass is 127. The van der Waals surface area contributed by atoms with Gasteiger partial charge < -0.3 is 14.2 Å². The van der Waals surface area contributed by atoms with E-state index in [1.54, 1.807) is 14.2 Å². The summed E-state index contributed by atoms with van der Waals surface area (Å²) < 4.78 is 18.9. The van der Waals surface area contributed by atoms with Crippen LogP contribution in [0.5, 0.6) is 0 Å². The molecule has 0 aromatic carbocycles. The van der Waals surface area contributed by atoms with Gasteiger partial charge >= 0.3 is 5.69 Å². The maximum atomic E-state index is 11.9. The number of aromatic nitrogens is 2. The highest BCUT2D eigenvalue weighted by molar-refractivity contribution is 14.1. The molecule has 8 heteroatoms. The van der Waals surface area contributed by atoms with Crippen LogP contribution in [0.25, 0.3) is 0 Å². The smallest absolute Gasteiger partial charge is 0.330 e. The number of methoxy groups -OCH3 is 2. The van der Waals surface area contributed by atoms with Gasteiger partial charge in [0, 0.05) is 32.4 Å². The lowest BCUT2D eigenvalue weighted by Gasteiger charge is -2.29. The Bertz CT molecular complexity index is 580. The molecule has 0 radical (unpaired) electrons. The molecule has 1 aromatic heterocycles. The molecule has 0 amide bonds. The number of halogens is 1. The zero-order valence-corrected chi connectivity index (χ0v) is 13.6. The maximum absolute atomic E-state index is 11.9. The van der Waals surface area contributed by atoms with Crippen molar-refractivity contribution in [3.8, 4) is 0 Å². The summed E-state index contributed by atoms with van der Waals surface area (Å²) in [4.78, 5) is 25.3. The van der Waals surface area contributed by atoms with E-state index in [-0.39, 0.29) is 12.0 Å². The average molecular weight is 396 g/mol. The predicted molar refractivity (Wildman–Crippen MR) is 80.0 cm³/mol. The molecule has 20 heavy (non-hydrogen) atoms. The molecule has 0 aliphatic carbocycles. The van der Waals surface area contributed by atoms with Gasteiger partial charge in [-0.1, -0.05) is 29.5 Å². The van der Waals surface area contributed by atoms with Crippen LogP contribution >= 0.6 is 22.6 Å². The van der Waals surface area contributed by atoms with E-state index in [1.807, 2.05) is 6.92 Å². The fourth-order valence-electron chi connectivity index (χ4n) is 2.48. The number of aromatic amines is 1. The SMILES string of the molecule is CO[C@H]1[C@H](n2ccc(=O)[nH]c2=O)O[C@@](CI)(OC)[C@H]1C. The molecular weight excluding hydrogens is 379 g/mol. The van der Waals surface area contributed by atoms with Gasteiger partial charge in [-0.2, -0.15) is 0 Å². The fraction of sp³-hybridized carbons (Fsp3) is 0.667. The topological polar surface area (TPSA) is 82.6 Å². The molecule has 1 N–H and O–H groups in total. The van der Waals surface area contributed by atoms with E-state index in [9.17, 15) is 9.59 Å². The van der Waals surface area contributed by atoms with Gasteiger partial charge in [0.1, 0.15) is 6.10 Å². The van der Waals surface area contributed by atoms with E-state index in [2.05, 4.69) is 27.6 Å². The third kappa shape index (κ3) is 2.45. The summed E-state index contributed by atoms with van der Waals surface area (Å²) in [5, 5.41) is 0. The predicted octanol–water partition coefficient (Wildman–Crippen LogP) is 0.494. The van der Waals surface area contributed by atoms with Crippen molar-refractivity contribution in [2.75, 3.05) is 18.6 Å². The van der Waals surface area contributed by atoms with Gasteiger partial charge in [0.15, 0.2) is 12.0 Å². The molecule has 4 atom stereocenters. The van der Waals surface area contributed by atoms with Crippen molar-refractivity contribution in [1.82, 2.24) is 9.55 Å². The minimum absolute atomic E-state index is 0.0711. The van der Waals surface area contributed by atoms with Crippen LogP contribution in [0.2, 0.25) is 0 Å². The molecule has 0 spiro atoms. The first-order chi connectivity index (χ1) is 9.49. The van der Waals surface area contributed by atoms with Crippen molar-refractivity contribution in [1.29, 1.82) is 0 Å². The number of nitrogens with zero attached hydrogens (tertiary/aromatic N) is 1. The van der Waals surface area contributed by atoms with Crippen molar-refractivity contribution in [2.24, 2.45) is 5.92 Å². The van der Waals surface area contributed by atoms with E-state index in [0.29, 0.717) is 4.43 Å². The highest BCUT2D eigenvalue weighted by Crippen LogP contribution is 2.43. The number of H-pyrrole nitrogens is 1. The number of ether oxygens (including phenoxy) is 3. The van der Waals surface area contributed by atoms with Crippen LogP contribution < -0.4 is 11.2 Å². The van der Waals surface area contributed by atoms with Crippen molar-refractivity contribution in [3.63, 3.8) is 0 Å². The first-order valence-corrected chi connectivity index (χ1v) is 7.65. The largest absolute Gasteiger partial charge is 0.376 e. The van der Waals surface area contributed by atoms with Crippen molar-refractivity contribution in [3.05, 3.63) is 33.1 Å². The highest BCUT2D eigenvalue weighted by Gasteiger charge is 2.54. The number of hydrogen-bond donors (Lipinski definition) is 1. The maximum Gasteiger partial charge on any atom is 0.330 e. The van der Waals surface area contributed by atoms with Gasteiger partial charge in [0.25, 0.3) is 5.56 Å². The summed E-state index contributed by atoms with van der Waals surface area (Å²) in [6.07, 6.45) is 0.408. The first-order valence-electron chi connectivity index (χ1n) is 6.12. The molecule has 1 fully saturated rings. The van der Waals surface area contributed by atoms with E-state index in [4.69, 9.17) is 14.2 Å². The second-order valence-corrected chi connectivity index (χ2v) is 5.43. The fourth-order valence-corrected chi connectivity index (χ4v) is 3.67. The second-order valence-electron chi connectivity index (χ2n) is 4.66. The second kappa shape index (κ2) is 5.96. The Hall–Kier alpha value is -0.710. The quantitative estimate of drug-likeness (QED) is 0.592. The minimum atomic E-state index is -0.818. The number of hydrogen-bond acceptors (Lipinski definition) is 5. The third-order valence-corrected chi connectivity index (χ3v) is 4.78. The standard InChI is InChI=1S/C12H17IN2O5/c1-7-9(18-2)10(20-12(7,6-13)19-3)15-5-4-8(16)14-11(15)17/h4-5,7,9-10H,6H2,1-3H3,(H,14,16,17)/t7-,9+,10+,12+/m0/s1. The van der Waals surface area contributed by atoms with Crippen molar-refractivity contribution < 1.29 is 14.2 Å². The zero-order chi connectivity index (χ0) is 14.9. The lowest BCUT2D eigenvalue weighted by molar-refractivity contribution is -0.223. The van der Waals surface area contributed by atoms with Gasteiger partial charge in [0.2, 0.25) is 0 Å². The van der Waals surface area contributed by atoms with Gasteiger partial charge in [-0.25, -0.2) is 4.79 Å². The van der Waals surface area contributed by atoms with Gasteiger partial charge in [-0.3, -0.25) is 14.3 Å². The molecule has 2 heterocycles. The Labute approximate surface area is 129 Å². The molecule has 0 unspecified atom stereocenters. The first kappa shape index (κ1) is 15.7. The van der Waals surface area contributed by atoms with Gasteiger partial charge in [-0.05, 0) is 0 Å². The van der Waals surface area contributed by atoms with E-state index < -0.39 is 23.3 Å². The summed E-state index contributed by atoms with van der Waals surface area (Å²) in [6, 6.07) is 1.28. The molecule has 0 bridgehead atoms. The zero-order valence-electron chi connectivity index (χ0n) is 11.5. The van der Waals surface area contributed by atoms with Gasteiger partial charge in [0.05, 0.1) is 4.43 Å². The molecule has 2 rings (SSSR count). The van der Waals surface area contributed by atoms with Crippen LogP contribution in [-0.2, 0) is 14.2 Å². The molecular formula is C12H17IN2O5. The molecule has 0 saturated carbocycles. The van der Waals surface area contributed by atoms with Crippen LogP contribution in [0.4, 0.5) is 0 Å².